The van der Waals surface area contributed by atoms with Crippen molar-refractivity contribution in [1.29, 1.82) is 0 Å². The van der Waals surface area contributed by atoms with Gasteiger partial charge in [-0.2, -0.15) is 0 Å². The van der Waals surface area contributed by atoms with E-state index in [1.54, 1.807) is 6.07 Å². The molecular weight excluding hydrogens is 262 g/mol. The van der Waals surface area contributed by atoms with Crippen molar-refractivity contribution in [3.05, 3.63) is 59.2 Å². The van der Waals surface area contributed by atoms with E-state index in [2.05, 4.69) is 17.7 Å². The maximum Gasteiger partial charge on any atom is 0.255 e. The van der Waals surface area contributed by atoms with Gasteiger partial charge in [0.25, 0.3) is 5.91 Å². The fraction of sp³-hybridized carbons (Fsp3) is 0.235. The summed E-state index contributed by atoms with van der Waals surface area (Å²) >= 11 is 0. The summed E-state index contributed by atoms with van der Waals surface area (Å²) in [5.41, 5.74) is 7.02. The van der Waals surface area contributed by atoms with E-state index in [-0.39, 0.29) is 5.91 Å². The molecule has 0 spiro atoms. The average Bonchev–Trinajstić information content (AvgIpc) is 2.49. The molecule has 4 heteroatoms. The van der Waals surface area contributed by atoms with Crippen LogP contribution >= 0.6 is 0 Å². The highest BCUT2D eigenvalue weighted by molar-refractivity contribution is 6.05. The number of benzene rings is 2. The molecule has 4 N–H and O–H groups in total. The molecular formula is C17H21N3O. The van der Waals surface area contributed by atoms with Crippen molar-refractivity contribution in [2.24, 2.45) is 5.84 Å². The number of nitrogens with one attached hydrogen (secondary N) is 2. The molecule has 2 rings (SSSR count). The molecule has 0 aliphatic heterocycles. The zero-order valence-electron chi connectivity index (χ0n) is 12.4. The molecule has 21 heavy (non-hydrogen) atoms. The van der Waals surface area contributed by atoms with E-state index in [0.717, 1.165) is 35.3 Å². The van der Waals surface area contributed by atoms with Crippen molar-refractivity contribution in [1.82, 2.24) is 0 Å². The van der Waals surface area contributed by atoms with Crippen molar-refractivity contribution in [3.63, 3.8) is 0 Å². The van der Waals surface area contributed by atoms with Crippen LogP contribution in [-0.2, 0) is 6.42 Å². The number of anilines is 2. The molecule has 0 aromatic heterocycles. The van der Waals surface area contributed by atoms with Crippen molar-refractivity contribution in [2.45, 2.75) is 26.7 Å². The summed E-state index contributed by atoms with van der Waals surface area (Å²) in [6, 6.07) is 13.3. The molecule has 0 aliphatic carbocycles. The maximum absolute atomic E-state index is 12.4. The Bertz CT molecular complexity index is 638. The van der Waals surface area contributed by atoms with Crippen LogP contribution in [-0.4, -0.2) is 5.91 Å². The topological polar surface area (TPSA) is 67.2 Å². The summed E-state index contributed by atoms with van der Waals surface area (Å²) in [5, 5.41) is 2.99. The van der Waals surface area contributed by atoms with Crippen LogP contribution in [0.2, 0.25) is 0 Å². The lowest BCUT2D eigenvalue weighted by Gasteiger charge is -2.12. The Labute approximate surface area is 125 Å². The molecule has 0 bridgehead atoms. The van der Waals surface area contributed by atoms with Gasteiger partial charge in [-0.1, -0.05) is 31.5 Å². The minimum Gasteiger partial charge on any atom is -0.324 e. The van der Waals surface area contributed by atoms with Gasteiger partial charge in [-0.25, -0.2) is 0 Å². The van der Waals surface area contributed by atoms with E-state index in [0.29, 0.717) is 5.56 Å². The van der Waals surface area contributed by atoms with Crippen LogP contribution in [0.15, 0.2) is 42.5 Å². The zero-order valence-corrected chi connectivity index (χ0v) is 12.4. The highest BCUT2D eigenvalue weighted by atomic mass is 16.1. The van der Waals surface area contributed by atoms with Gasteiger partial charge in [-0.05, 0) is 48.7 Å². The standard InChI is InChI=1S/C17H21N3O/c1-3-6-13-7-4-5-8-16(13)19-17(21)14-9-10-15(20-18)12(2)11-14/h4-5,7-11,20H,3,6,18H2,1-2H3,(H,19,21). The number of carbonyl (C=O) groups excluding carboxylic acids is 1. The minimum absolute atomic E-state index is 0.106. The van der Waals surface area contributed by atoms with Crippen LogP contribution in [0.1, 0.15) is 34.8 Å². The molecule has 0 radical (unpaired) electrons. The first kappa shape index (κ1) is 15.1. The average molecular weight is 283 g/mol. The number of nitrogen functional groups attached to an aromatic ring is 1. The van der Waals surface area contributed by atoms with Crippen molar-refractivity contribution >= 4 is 17.3 Å². The molecule has 0 saturated carbocycles. The number of rotatable bonds is 5. The summed E-state index contributed by atoms with van der Waals surface area (Å²) in [4.78, 5) is 12.4. The quantitative estimate of drug-likeness (QED) is 0.581. The number of carbonyl (C=O) groups is 1. The third kappa shape index (κ3) is 3.61. The second kappa shape index (κ2) is 6.90. The second-order valence-corrected chi connectivity index (χ2v) is 5.04. The van der Waals surface area contributed by atoms with Crippen molar-refractivity contribution in [3.8, 4) is 0 Å². The van der Waals surface area contributed by atoms with E-state index in [1.165, 1.54) is 0 Å². The predicted octanol–water partition coefficient (Wildman–Crippen LogP) is 3.49. The van der Waals surface area contributed by atoms with Gasteiger partial charge >= 0.3 is 0 Å². The number of hydrazine groups is 1. The molecule has 0 atom stereocenters. The van der Waals surface area contributed by atoms with E-state index in [4.69, 9.17) is 5.84 Å². The number of amides is 1. The third-order valence-electron chi connectivity index (χ3n) is 3.43. The fourth-order valence-electron chi connectivity index (χ4n) is 2.29. The molecule has 0 unspecified atom stereocenters. The maximum atomic E-state index is 12.4. The zero-order chi connectivity index (χ0) is 15.2. The molecule has 2 aromatic rings. The molecule has 110 valence electrons. The third-order valence-corrected chi connectivity index (χ3v) is 3.43. The Kier molecular flexibility index (Phi) is 4.95. The predicted molar refractivity (Wildman–Crippen MR) is 87.4 cm³/mol. The lowest BCUT2D eigenvalue weighted by molar-refractivity contribution is 0.102. The molecule has 4 nitrogen and oxygen atoms in total. The fourth-order valence-corrected chi connectivity index (χ4v) is 2.29. The normalized spacial score (nSPS) is 10.2. The molecule has 0 saturated heterocycles. The number of aryl methyl sites for hydroxylation is 2. The first-order chi connectivity index (χ1) is 10.2. The number of nitrogens with two attached hydrogens (primary N) is 1. The summed E-state index contributed by atoms with van der Waals surface area (Å²) in [6.07, 6.45) is 1.99. The Morgan fingerprint density at radius 2 is 1.90 bits per heavy atom. The first-order valence-corrected chi connectivity index (χ1v) is 7.12. The smallest absolute Gasteiger partial charge is 0.255 e. The van der Waals surface area contributed by atoms with Crippen molar-refractivity contribution in [2.75, 3.05) is 10.7 Å². The van der Waals surface area contributed by atoms with Gasteiger partial charge in [-0.15, -0.1) is 0 Å². The Morgan fingerprint density at radius 3 is 2.57 bits per heavy atom. The lowest BCUT2D eigenvalue weighted by Crippen LogP contribution is -2.14. The monoisotopic (exact) mass is 283 g/mol. The molecule has 0 fully saturated rings. The number of para-hydroxylation sites is 1. The summed E-state index contributed by atoms with van der Waals surface area (Å²) in [7, 11) is 0. The van der Waals surface area contributed by atoms with Crippen LogP contribution in [0, 0.1) is 6.92 Å². The Balaban J connectivity index is 2.20. The second-order valence-electron chi connectivity index (χ2n) is 5.04. The summed E-state index contributed by atoms with van der Waals surface area (Å²) in [6.45, 7) is 4.04. The van der Waals surface area contributed by atoms with Gasteiger partial charge in [0.05, 0.1) is 5.69 Å². The van der Waals surface area contributed by atoms with Crippen LogP contribution in [0.5, 0.6) is 0 Å². The highest BCUT2D eigenvalue weighted by Gasteiger charge is 2.10. The van der Waals surface area contributed by atoms with Crippen molar-refractivity contribution < 1.29 is 4.79 Å². The van der Waals surface area contributed by atoms with Gasteiger partial charge in [0, 0.05) is 11.3 Å². The minimum atomic E-state index is -0.106. The van der Waals surface area contributed by atoms with Gasteiger partial charge in [0.15, 0.2) is 0 Å². The lowest BCUT2D eigenvalue weighted by atomic mass is 10.1. The van der Waals surface area contributed by atoms with Gasteiger partial charge < -0.3 is 10.7 Å². The molecule has 1 amide bonds. The van der Waals surface area contributed by atoms with E-state index < -0.39 is 0 Å². The first-order valence-electron chi connectivity index (χ1n) is 7.12. The van der Waals surface area contributed by atoms with Gasteiger partial charge in [0.2, 0.25) is 0 Å². The van der Waals surface area contributed by atoms with E-state index in [9.17, 15) is 4.79 Å². The summed E-state index contributed by atoms with van der Waals surface area (Å²) < 4.78 is 0. The van der Waals surface area contributed by atoms with E-state index in [1.807, 2.05) is 43.3 Å². The molecule has 2 aromatic carbocycles. The number of hydrogen-bond acceptors (Lipinski definition) is 3. The largest absolute Gasteiger partial charge is 0.324 e. The van der Waals surface area contributed by atoms with Gasteiger partial charge in [-0.3, -0.25) is 10.6 Å². The summed E-state index contributed by atoms with van der Waals surface area (Å²) in [5.74, 6) is 5.30. The highest BCUT2D eigenvalue weighted by Crippen LogP contribution is 2.20. The van der Waals surface area contributed by atoms with Crippen LogP contribution in [0.25, 0.3) is 0 Å². The Hall–Kier alpha value is -2.33. The molecule has 0 aliphatic rings. The van der Waals surface area contributed by atoms with Crippen LogP contribution in [0.4, 0.5) is 11.4 Å². The SMILES string of the molecule is CCCc1ccccc1NC(=O)c1ccc(NN)c(C)c1. The van der Waals surface area contributed by atoms with Gasteiger partial charge in [0.1, 0.15) is 0 Å². The van der Waals surface area contributed by atoms with E-state index >= 15 is 0 Å². The van der Waals surface area contributed by atoms with Crippen LogP contribution < -0.4 is 16.6 Å². The Morgan fingerprint density at radius 1 is 1.14 bits per heavy atom. The van der Waals surface area contributed by atoms with Crippen LogP contribution in [0.3, 0.4) is 0 Å². The molecule has 0 heterocycles. The number of hydrogen-bond donors (Lipinski definition) is 3.